The van der Waals surface area contributed by atoms with Gasteiger partial charge in [0.25, 0.3) is 5.91 Å². The van der Waals surface area contributed by atoms with Gasteiger partial charge in [-0.05, 0) is 67.8 Å². The Hall–Kier alpha value is -4.37. The summed E-state index contributed by atoms with van der Waals surface area (Å²) in [6, 6.07) is 18.4. The maximum absolute atomic E-state index is 12.4. The van der Waals surface area contributed by atoms with Crippen LogP contribution in [0.2, 0.25) is 0 Å². The standard InChI is InChI=1S/C27H24N4O2/c1-17-11-18(2)24(19(3)12-17)16-31-10-9-23-21(5-4-6-25(23)31)15-29-30-27(33)20-7-8-26(32)22(13-20)14-28/h4-13,15,32H,16H2,1-3H3,(H,30,33)/b29-15+. The summed E-state index contributed by atoms with van der Waals surface area (Å²) >= 11 is 0. The summed E-state index contributed by atoms with van der Waals surface area (Å²) in [6.07, 6.45) is 3.68. The monoisotopic (exact) mass is 436 g/mol. The average Bonchev–Trinajstić information content (AvgIpc) is 3.20. The lowest BCUT2D eigenvalue weighted by molar-refractivity contribution is 0.0955. The molecule has 3 aromatic carbocycles. The first-order chi connectivity index (χ1) is 15.9. The van der Waals surface area contributed by atoms with Crippen LogP contribution in [-0.2, 0) is 6.54 Å². The normalized spacial score (nSPS) is 11.1. The van der Waals surface area contributed by atoms with Crippen molar-refractivity contribution >= 4 is 23.0 Å². The molecular weight excluding hydrogens is 412 g/mol. The number of aryl methyl sites for hydroxylation is 3. The highest BCUT2D eigenvalue weighted by Gasteiger charge is 2.10. The van der Waals surface area contributed by atoms with Gasteiger partial charge in [-0.25, -0.2) is 5.43 Å². The summed E-state index contributed by atoms with van der Waals surface area (Å²) in [5.74, 6) is -0.623. The van der Waals surface area contributed by atoms with Gasteiger partial charge in [0.15, 0.2) is 0 Å². The van der Waals surface area contributed by atoms with Crippen molar-refractivity contribution in [3.63, 3.8) is 0 Å². The van der Waals surface area contributed by atoms with Gasteiger partial charge in [0.05, 0.1) is 11.8 Å². The third-order valence-electron chi connectivity index (χ3n) is 5.77. The van der Waals surface area contributed by atoms with Crippen LogP contribution < -0.4 is 5.43 Å². The molecule has 0 saturated carbocycles. The number of fused-ring (bicyclic) bond motifs is 1. The topological polar surface area (TPSA) is 90.4 Å². The lowest BCUT2D eigenvalue weighted by Gasteiger charge is -2.13. The Balaban J connectivity index is 1.55. The number of aromatic hydroxyl groups is 1. The predicted molar refractivity (Wildman–Crippen MR) is 130 cm³/mol. The summed E-state index contributed by atoms with van der Waals surface area (Å²) in [7, 11) is 0. The first kappa shape index (κ1) is 21.8. The molecule has 1 aromatic heterocycles. The van der Waals surface area contributed by atoms with E-state index in [9.17, 15) is 9.90 Å². The smallest absolute Gasteiger partial charge is 0.271 e. The Labute approximate surface area is 192 Å². The minimum Gasteiger partial charge on any atom is -0.507 e. The maximum atomic E-state index is 12.4. The van der Waals surface area contributed by atoms with Gasteiger partial charge in [0.1, 0.15) is 11.8 Å². The van der Waals surface area contributed by atoms with Gasteiger partial charge in [-0.3, -0.25) is 4.79 Å². The van der Waals surface area contributed by atoms with E-state index >= 15 is 0 Å². The maximum Gasteiger partial charge on any atom is 0.271 e. The van der Waals surface area contributed by atoms with Crippen molar-refractivity contribution in [1.29, 1.82) is 5.26 Å². The number of nitrogens with one attached hydrogen (secondary N) is 1. The molecule has 0 aliphatic carbocycles. The largest absolute Gasteiger partial charge is 0.507 e. The van der Waals surface area contributed by atoms with Crippen molar-refractivity contribution in [3.8, 4) is 11.8 Å². The molecule has 0 aliphatic rings. The summed E-state index contributed by atoms with van der Waals surface area (Å²) in [6.45, 7) is 7.19. The Kier molecular flexibility index (Phi) is 5.97. The second-order valence-corrected chi connectivity index (χ2v) is 8.14. The molecule has 0 saturated heterocycles. The van der Waals surface area contributed by atoms with Crippen molar-refractivity contribution in [2.75, 3.05) is 0 Å². The highest BCUT2D eigenvalue weighted by atomic mass is 16.3. The minimum atomic E-state index is -0.460. The van der Waals surface area contributed by atoms with Crippen LogP contribution in [0.25, 0.3) is 10.9 Å². The third-order valence-corrected chi connectivity index (χ3v) is 5.77. The first-order valence-electron chi connectivity index (χ1n) is 10.6. The predicted octanol–water partition coefficient (Wildman–Crippen LogP) is 4.96. The molecular formula is C27H24N4O2. The number of amides is 1. The Morgan fingerprint density at radius 1 is 1.12 bits per heavy atom. The van der Waals surface area contributed by atoms with Crippen molar-refractivity contribution < 1.29 is 9.90 Å². The average molecular weight is 437 g/mol. The van der Waals surface area contributed by atoms with Gasteiger partial charge in [-0.15, -0.1) is 0 Å². The number of nitrogens with zero attached hydrogens (tertiary/aromatic N) is 3. The molecule has 0 fully saturated rings. The van der Waals surface area contributed by atoms with Crippen molar-refractivity contribution in [2.24, 2.45) is 5.10 Å². The molecule has 33 heavy (non-hydrogen) atoms. The number of phenols is 1. The van der Waals surface area contributed by atoms with Crippen LogP contribution in [0.5, 0.6) is 5.75 Å². The summed E-state index contributed by atoms with van der Waals surface area (Å²) < 4.78 is 2.22. The van der Waals surface area contributed by atoms with Gasteiger partial charge in [0.2, 0.25) is 0 Å². The fourth-order valence-electron chi connectivity index (χ4n) is 4.12. The van der Waals surface area contributed by atoms with Gasteiger partial charge >= 0.3 is 0 Å². The highest BCUT2D eigenvalue weighted by Crippen LogP contribution is 2.23. The van der Waals surface area contributed by atoms with E-state index in [0.29, 0.717) is 0 Å². The number of nitriles is 1. The van der Waals surface area contributed by atoms with E-state index in [0.717, 1.165) is 23.0 Å². The molecule has 0 spiro atoms. The summed E-state index contributed by atoms with van der Waals surface area (Å²) in [4.78, 5) is 12.4. The molecule has 164 valence electrons. The van der Waals surface area contributed by atoms with E-state index in [4.69, 9.17) is 5.26 Å². The number of carbonyl (C=O) groups is 1. The zero-order valence-corrected chi connectivity index (χ0v) is 18.8. The van der Waals surface area contributed by atoms with Crippen LogP contribution in [0.4, 0.5) is 0 Å². The van der Waals surface area contributed by atoms with E-state index in [1.807, 2.05) is 18.2 Å². The summed E-state index contributed by atoms with van der Waals surface area (Å²) in [5.41, 5.74) is 9.88. The van der Waals surface area contributed by atoms with Crippen LogP contribution in [0, 0.1) is 32.1 Å². The Morgan fingerprint density at radius 3 is 2.61 bits per heavy atom. The Morgan fingerprint density at radius 2 is 1.88 bits per heavy atom. The fourth-order valence-corrected chi connectivity index (χ4v) is 4.12. The van der Waals surface area contributed by atoms with Crippen LogP contribution >= 0.6 is 0 Å². The van der Waals surface area contributed by atoms with Crippen molar-refractivity contribution in [3.05, 3.63) is 99.7 Å². The van der Waals surface area contributed by atoms with E-state index in [2.05, 4.69) is 66.3 Å². The van der Waals surface area contributed by atoms with Crippen LogP contribution in [0.15, 0.2) is 65.9 Å². The van der Waals surface area contributed by atoms with E-state index in [1.54, 1.807) is 6.21 Å². The second-order valence-electron chi connectivity index (χ2n) is 8.14. The number of aromatic nitrogens is 1. The van der Waals surface area contributed by atoms with Crippen molar-refractivity contribution in [1.82, 2.24) is 9.99 Å². The molecule has 0 aliphatic heterocycles. The molecule has 2 N–H and O–H groups in total. The molecule has 1 heterocycles. The Bertz CT molecular complexity index is 1420. The minimum absolute atomic E-state index is 0.0387. The molecule has 0 atom stereocenters. The zero-order valence-electron chi connectivity index (χ0n) is 18.8. The number of phenolic OH excluding ortho intramolecular Hbond substituents is 1. The lowest BCUT2D eigenvalue weighted by atomic mass is 10.00. The SMILES string of the molecule is Cc1cc(C)c(Cn2ccc3c(/C=N/NC(=O)c4ccc(O)c(C#N)c4)cccc32)c(C)c1. The van der Waals surface area contributed by atoms with Gasteiger partial charge in [0, 0.05) is 34.8 Å². The number of carbonyl (C=O) groups excluding carboxylic acids is 1. The molecule has 1 amide bonds. The van der Waals surface area contributed by atoms with E-state index in [1.165, 1.54) is 40.5 Å². The molecule has 0 bridgehead atoms. The van der Waals surface area contributed by atoms with Crippen LogP contribution in [-0.4, -0.2) is 21.8 Å². The zero-order chi connectivity index (χ0) is 23.5. The number of hydrogen-bond acceptors (Lipinski definition) is 4. The van der Waals surface area contributed by atoms with Crippen LogP contribution in [0.3, 0.4) is 0 Å². The van der Waals surface area contributed by atoms with Gasteiger partial charge in [-0.2, -0.15) is 10.4 Å². The quantitative estimate of drug-likeness (QED) is 0.342. The molecule has 4 aromatic rings. The van der Waals surface area contributed by atoms with E-state index < -0.39 is 5.91 Å². The number of benzene rings is 3. The van der Waals surface area contributed by atoms with Crippen LogP contribution in [0.1, 0.15) is 43.7 Å². The summed E-state index contributed by atoms with van der Waals surface area (Å²) in [5, 5.41) is 23.7. The second kappa shape index (κ2) is 9.01. The third kappa shape index (κ3) is 4.48. The molecule has 0 radical (unpaired) electrons. The number of hydrazone groups is 1. The van der Waals surface area contributed by atoms with Crippen molar-refractivity contribution in [2.45, 2.75) is 27.3 Å². The number of rotatable bonds is 5. The number of hydrogen-bond donors (Lipinski definition) is 2. The molecule has 0 unspecified atom stereocenters. The van der Waals surface area contributed by atoms with Gasteiger partial charge in [-0.1, -0.05) is 29.8 Å². The molecule has 6 heteroatoms. The van der Waals surface area contributed by atoms with E-state index in [-0.39, 0.29) is 16.9 Å². The lowest BCUT2D eigenvalue weighted by Crippen LogP contribution is -2.17. The molecule has 4 rings (SSSR count). The van der Waals surface area contributed by atoms with Gasteiger partial charge < -0.3 is 9.67 Å². The molecule has 6 nitrogen and oxygen atoms in total. The first-order valence-corrected chi connectivity index (χ1v) is 10.6. The highest BCUT2D eigenvalue weighted by molar-refractivity contribution is 6.00. The fraction of sp³-hybridized carbons (Fsp3) is 0.148.